The lowest BCUT2D eigenvalue weighted by atomic mass is 10.1. The molecule has 1 aliphatic rings. The summed E-state index contributed by atoms with van der Waals surface area (Å²) in [7, 11) is 0. The van der Waals surface area contributed by atoms with Crippen LogP contribution in [0.4, 0.5) is 0 Å². The van der Waals surface area contributed by atoms with Crippen molar-refractivity contribution in [2.45, 2.75) is 26.8 Å². The van der Waals surface area contributed by atoms with Crippen LogP contribution in [0.3, 0.4) is 0 Å². The second-order valence-electron chi connectivity index (χ2n) is 5.78. The molecule has 0 aromatic heterocycles. The van der Waals surface area contributed by atoms with E-state index in [2.05, 4.69) is 26.1 Å². The van der Waals surface area contributed by atoms with Crippen molar-refractivity contribution in [2.75, 3.05) is 26.2 Å². The number of hydrogen-bond donors (Lipinski definition) is 1. The van der Waals surface area contributed by atoms with Gasteiger partial charge in [-0.3, -0.25) is 4.79 Å². The fourth-order valence-corrected chi connectivity index (χ4v) is 2.27. The van der Waals surface area contributed by atoms with Crippen molar-refractivity contribution < 1.29 is 9.53 Å². The van der Waals surface area contributed by atoms with Gasteiger partial charge in [-0.2, -0.15) is 0 Å². The van der Waals surface area contributed by atoms with Crippen molar-refractivity contribution in [1.82, 2.24) is 10.2 Å². The van der Waals surface area contributed by atoms with E-state index in [4.69, 9.17) is 4.74 Å². The second kappa shape index (κ2) is 8.25. The van der Waals surface area contributed by atoms with Crippen LogP contribution in [-0.4, -0.2) is 43.1 Å². The van der Waals surface area contributed by atoms with Gasteiger partial charge in [0.1, 0.15) is 5.75 Å². The summed E-state index contributed by atoms with van der Waals surface area (Å²) in [6.07, 6.45) is 0. The van der Waals surface area contributed by atoms with Crippen LogP contribution in [0.25, 0.3) is 0 Å². The van der Waals surface area contributed by atoms with Gasteiger partial charge in [0.2, 0.25) is 0 Å². The van der Waals surface area contributed by atoms with Crippen LogP contribution in [0.15, 0.2) is 24.3 Å². The standard InChI is InChI=1S/C16H24N2O2.ClH/c1-12(2)11-20-15-6-4-14(5-7-15)16(19)18-9-8-17-10-13(18)3;/h4-7,12-13,17H,8-11H2,1-3H3;1H/t13-;/m1./s1. The highest BCUT2D eigenvalue weighted by molar-refractivity contribution is 5.94. The Morgan fingerprint density at radius 1 is 1.38 bits per heavy atom. The van der Waals surface area contributed by atoms with Gasteiger partial charge in [-0.05, 0) is 37.1 Å². The molecule has 1 saturated heterocycles. The number of carbonyl (C=O) groups excluding carboxylic acids is 1. The maximum absolute atomic E-state index is 12.4. The summed E-state index contributed by atoms with van der Waals surface area (Å²) in [5.74, 6) is 1.43. The Labute approximate surface area is 133 Å². The number of ether oxygens (including phenoxy) is 1. The molecule has 4 nitrogen and oxygen atoms in total. The summed E-state index contributed by atoms with van der Waals surface area (Å²) in [5, 5.41) is 3.29. The lowest BCUT2D eigenvalue weighted by Gasteiger charge is -2.34. The number of carbonyl (C=O) groups is 1. The molecule has 1 aromatic rings. The maximum atomic E-state index is 12.4. The van der Waals surface area contributed by atoms with E-state index in [0.29, 0.717) is 12.5 Å². The molecule has 2 rings (SSSR count). The molecule has 21 heavy (non-hydrogen) atoms. The Hall–Kier alpha value is -1.26. The molecule has 5 heteroatoms. The van der Waals surface area contributed by atoms with E-state index in [-0.39, 0.29) is 24.4 Å². The SMILES string of the molecule is CC(C)COc1ccc(C(=O)N2CCNC[C@H]2C)cc1.Cl. The third-order valence-corrected chi connectivity index (χ3v) is 3.45. The fourth-order valence-electron chi connectivity index (χ4n) is 2.27. The smallest absolute Gasteiger partial charge is 0.254 e. The van der Waals surface area contributed by atoms with E-state index >= 15 is 0 Å². The first-order chi connectivity index (χ1) is 9.58. The van der Waals surface area contributed by atoms with Crippen LogP contribution >= 0.6 is 12.4 Å². The molecule has 0 spiro atoms. The first-order valence-corrected chi connectivity index (χ1v) is 7.32. The van der Waals surface area contributed by atoms with Gasteiger partial charge in [-0.15, -0.1) is 12.4 Å². The fraction of sp³-hybridized carbons (Fsp3) is 0.562. The number of halogens is 1. The average molecular weight is 313 g/mol. The number of benzene rings is 1. The molecule has 1 amide bonds. The minimum absolute atomic E-state index is 0. The highest BCUT2D eigenvalue weighted by atomic mass is 35.5. The largest absolute Gasteiger partial charge is 0.493 e. The molecular formula is C16H25ClN2O2. The van der Waals surface area contributed by atoms with E-state index in [0.717, 1.165) is 30.9 Å². The number of rotatable bonds is 4. The third-order valence-electron chi connectivity index (χ3n) is 3.45. The van der Waals surface area contributed by atoms with Gasteiger partial charge >= 0.3 is 0 Å². The van der Waals surface area contributed by atoms with Gasteiger partial charge in [0.25, 0.3) is 5.91 Å². The van der Waals surface area contributed by atoms with Crippen molar-refractivity contribution in [1.29, 1.82) is 0 Å². The first-order valence-electron chi connectivity index (χ1n) is 7.32. The molecule has 1 heterocycles. The van der Waals surface area contributed by atoms with Crippen LogP contribution in [0, 0.1) is 5.92 Å². The number of amides is 1. The van der Waals surface area contributed by atoms with Crippen LogP contribution < -0.4 is 10.1 Å². The minimum Gasteiger partial charge on any atom is -0.493 e. The monoisotopic (exact) mass is 312 g/mol. The molecule has 1 fully saturated rings. The molecular weight excluding hydrogens is 288 g/mol. The summed E-state index contributed by atoms with van der Waals surface area (Å²) in [6, 6.07) is 7.71. The van der Waals surface area contributed by atoms with E-state index < -0.39 is 0 Å². The molecule has 1 aromatic carbocycles. The maximum Gasteiger partial charge on any atom is 0.254 e. The summed E-state index contributed by atoms with van der Waals surface area (Å²) in [6.45, 7) is 9.50. The quantitative estimate of drug-likeness (QED) is 0.929. The summed E-state index contributed by atoms with van der Waals surface area (Å²) >= 11 is 0. The Morgan fingerprint density at radius 3 is 2.62 bits per heavy atom. The minimum atomic E-state index is 0. The average Bonchev–Trinajstić information content (AvgIpc) is 2.45. The Morgan fingerprint density at radius 2 is 2.05 bits per heavy atom. The van der Waals surface area contributed by atoms with Crippen LogP contribution in [0.1, 0.15) is 31.1 Å². The van der Waals surface area contributed by atoms with Gasteiger partial charge < -0.3 is 15.0 Å². The van der Waals surface area contributed by atoms with E-state index in [1.807, 2.05) is 29.2 Å². The summed E-state index contributed by atoms with van der Waals surface area (Å²) in [5.41, 5.74) is 0.732. The van der Waals surface area contributed by atoms with Gasteiger partial charge in [0.05, 0.1) is 6.61 Å². The number of nitrogens with zero attached hydrogens (tertiary/aromatic N) is 1. The zero-order chi connectivity index (χ0) is 14.5. The predicted octanol–water partition coefficient (Wildman–Crippen LogP) is 2.58. The molecule has 0 bridgehead atoms. The van der Waals surface area contributed by atoms with Gasteiger partial charge in [-0.1, -0.05) is 13.8 Å². The zero-order valence-electron chi connectivity index (χ0n) is 13.0. The van der Waals surface area contributed by atoms with Crippen molar-refractivity contribution in [3.8, 4) is 5.75 Å². The molecule has 1 atom stereocenters. The number of hydrogen-bond acceptors (Lipinski definition) is 3. The van der Waals surface area contributed by atoms with Crippen molar-refractivity contribution in [3.05, 3.63) is 29.8 Å². The van der Waals surface area contributed by atoms with Crippen LogP contribution in [0.5, 0.6) is 5.75 Å². The molecule has 0 saturated carbocycles. The second-order valence-corrected chi connectivity index (χ2v) is 5.78. The van der Waals surface area contributed by atoms with Gasteiger partial charge in [-0.25, -0.2) is 0 Å². The normalized spacial score (nSPS) is 18.3. The van der Waals surface area contributed by atoms with Crippen molar-refractivity contribution in [3.63, 3.8) is 0 Å². The topological polar surface area (TPSA) is 41.6 Å². The third kappa shape index (κ3) is 4.90. The van der Waals surface area contributed by atoms with E-state index in [1.54, 1.807) is 0 Å². The number of piperazine rings is 1. The molecule has 0 aliphatic carbocycles. The highest BCUT2D eigenvalue weighted by Crippen LogP contribution is 2.16. The predicted molar refractivity (Wildman–Crippen MR) is 87.4 cm³/mol. The van der Waals surface area contributed by atoms with Crippen LogP contribution in [-0.2, 0) is 0 Å². The molecule has 1 aliphatic heterocycles. The molecule has 1 N–H and O–H groups in total. The first kappa shape index (κ1) is 17.8. The Bertz CT molecular complexity index is 448. The highest BCUT2D eigenvalue weighted by Gasteiger charge is 2.23. The number of nitrogens with one attached hydrogen (secondary N) is 1. The van der Waals surface area contributed by atoms with E-state index in [1.165, 1.54) is 0 Å². The summed E-state index contributed by atoms with van der Waals surface area (Å²) < 4.78 is 5.63. The molecule has 118 valence electrons. The summed E-state index contributed by atoms with van der Waals surface area (Å²) in [4.78, 5) is 14.4. The Balaban J connectivity index is 0.00000220. The van der Waals surface area contributed by atoms with Crippen molar-refractivity contribution >= 4 is 18.3 Å². The van der Waals surface area contributed by atoms with Crippen LogP contribution in [0.2, 0.25) is 0 Å². The lowest BCUT2D eigenvalue weighted by molar-refractivity contribution is 0.0655. The lowest BCUT2D eigenvalue weighted by Crippen LogP contribution is -2.52. The molecule has 0 unspecified atom stereocenters. The van der Waals surface area contributed by atoms with Gasteiger partial charge in [0, 0.05) is 31.2 Å². The molecule has 0 radical (unpaired) electrons. The van der Waals surface area contributed by atoms with E-state index in [9.17, 15) is 4.79 Å². The zero-order valence-corrected chi connectivity index (χ0v) is 13.8. The van der Waals surface area contributed by atoms with Gasteiger partial charge in [0.15, 0.2) is 0 Å². The Kier molecular flexibility index (Phi) is 6.99. The van der Waals surface area contributed by atoms with Crippen molar-refractivity contribution in [2.24, 2.45) is 5.92 Å².